The summed E-state index contributed by atoms with van der Waals surface area (Å²) in [6.45, 7) is 2.10. The topological polar surface area (TPSA) is 59.0 Å². The maximum absolute atomic E-state index is 13.4. The van der Waals surface area contributed by atoms with Gasteiger partial charge in [0.1, 0.15) is 11.9 Å². The van der Waals surface area contributed by atoms with Crippen LogP contribution in [-0.4, -0.2) is 22.2 Å². The number of fused-ring (bicyclic) bond motifs is 1. The van der Waals surface area contributed by atoms with Crippen molar-refractivity contribution in [3.05, 3.63) is 68.5 Å². The normalized spacial score (nSPS) is 18.5. The van der Waals surface area contributed by atoms with Crippen LogP contribution < -0.4 is 10.6 Å². The summed E-state index contributed by atoms with van der Waals surface area (Å²) in [5, 5.41) is 10.1. The van der Waals surface area contributed by atoms with Gasteiger partial charge in [-0.05, 0) is 56.7 Å². The van der Waals surface area contributed by atoms with Crippen LogP contribution in [0.2, 0.25) is 10.0 Å². The molecule has 1 unspecified atom stereocenters. The van der Waals surface area contributed by atoms with Crippen molar-refractivity contribution >= 4 is 34.9 Å². The summed E-state index contributed by atoms with van der Waals surface area (Å²) in [6.07, 6.45) is 2.76. The largest absolute Gasteiger partial charge is 0.435 e. The van der Waals surface area contributed by atoms with E-state index in [1.165, 1.54) is 16.7 Å². The van der Waals surface area contributed by atoms with Crippen molar-refractivity contribution in [3.63, 3.8) is 0 Å². The molecule has 2 aromatic rings. The number of carbonyl (C=O) groups is 1. The van der Waals surface area contributed by atoms with E-state index < -0.39 is 17.9 Å². The predicted octanol–water partition coefficient (Wildman–Crippen LogP) is 6.50. The van der Waals surface area contributed by atoms with E-state index in [-0.39, 0.29) is 22.3 Å². The van der Waals surface area contributed by atoms with Crippen molar-refractivity contribution in [3.8, 4) is 0 Å². The van der Waals surface area contributed by atoms with Gasteiger partial charge >= 0.3 is 6.18 Å². The van der Waals surface area contributed by atoms with Gasteiger partial charge in [-0.3, -0.25) is 4.79 Å². The Hall–Kier alpha value is -2.45. The second kappa shape index (κ2) is 9.43. The van der Waals surface area contributed by atoms with Crippen molar-refractivity contribution in [1.82, 2.24) is 15.1 Å². The zero-order valence-electron chi connectivity index (χ0n) is 17.9. The molecule has 5 nitrogen and oxygen atoms in total. The molecule has 0 saturated heterocycles. The van der Waals surface area contributed by atoms with Crippen LogP contribution in [0.4, 0.5) is 19.0 Å². The molecule has 0 fully saturated rings. The quantitative estimate of drug-likeness (QED) is 0.462. The summed E-state index contributed by atoms with van der Waals surface area (Å²) >= 11 is 12.2. The molecule has 1 amide bonds. The molecule has 2 N–H and O–H groups in total. The Morgan fingerprint density at radius 1 is 1.24 bits per heavy atom. The fourth-order valence-electron chi connectivity index (χ4n) is 4.26. The van der Waals surface area contributed by atoms with E-state index in [9.17, 15) is 18.0 Å². The summed E-state index contributed by atoms with van der Waals surface area (Å²) < 4.78 is 41.3. The zero-order chi connectivity index (χ0) is 23.8. The Bertz CT molecular complexity index is 1140. The van der Waals surface area contributed by atoms with Gasteiger partial charge in [0.2, 0.25) is 0 Å². The van der Waals surface area contributed by atoms with E-state index in [4.69, 9.17) is 23.2 Å². The second-order valence-corrected chi connectivity index (χ2v) is 9.03. The molecule has 33 heavy (non-hydrogen) atoms. The smallest absolute Gasteiger partial charge is 0.352 e. The number of benzene rings is 1. The highest BCUT2D eigenvalue weighted by atomic mass is 35.5. The van der Waals surface area contributed by atoms with Crippen molar-refractivity contribution in [1.29, 1.82) is 0 Å². The van der Waals surface area contributed by atoms with Crippen LogP contribution >= 0.6 is 23.2 Å². The lowest BCUT2D eigenvalue weighted by Gasteiger charge is -2.30. The number of nitrogens with one attached hydrogen (secondary N) is 2. The fraction of sp³-hybridized carbons (Fsp3) is 0.391. The van der Waals surface area contributed by atoms with Crippen LogP contribution in [-0.2, 0) is 11.0 Å². The van der Waals surface area contributed by atoms with Crippen LogP contribution in [0.15, 0.2) is 47.2 Å². The highest BCUT2D eigenvalue weighted by Gasteiger charge is 2.39. The molecule has 4 rings (SSSR count). The molecule has 1 atom stereocenters. The number of hydrogen-bond donors (Lipinski definition) is 2. The van der Waals surface area contributed by atoms with Gasteiger partial charge in [-0.25, -0.2) is 4.68 Å². The molecule has 0 radical (unpaired) electrons. The molecule has 1 aliphatic carbocycles. The molecule has 0 saturated carbocycles. The summed E-state index contributed by atoms with van der Waals surface area (Å²) in [6, 6.07) is 4.76. The lowest BCUT2D eigenvalue weighted by molar-refractivity contribution is -0.141. The lowest BCUT2D eigenvalue weighted by atomic mass is 9.94. The average molecular weight is 499 g/mol. The maximum Gasteiger partial charge on any atom is 0.435 e. The highest BCUT2D eigenvalue weighted by molar-refractivity contribution is 6.42. The second-order valence-electron chi connectivity index (χ2n) is 8.21. The molecule has 0 bridgehead atoms. The third kappa shape index (κ3) is 5.06. The summed E-state index contributed by atoms with van der Waals surface area (Å²) in [4.78, 5) is 13.2. The number of hydrogen-bond acceptors (Lipinski definition) is 3. The van der Waals surface area contributed by atoms with E-state index in [1.54, 1.807) is 25.1 Å². The molecule has 10 heteroatoms. The molecule has 176 valence electrons. The van der Waals surface area contributed by atoms with Gasteiger partial charge in [0.05, 0.1) is 15.6 Å². The number of anilines is 1. The zero-order valence-corrected chi connectivity index (χ0v) is 19.4. The standard InChI is InChI=1S/C23H23Cl2F3N4O/c1-13-20(22(33)29-10-9-14-5-3-2-4-6-14)21(15-7-8-16(24)17(25)11-15)32-19(30-13)12-18(31-32)23(26,27)28/h5,7-8,11-12,21,30H,2-4,6,9-10H2,1H3,(H,29,33). The molecule has 1 aliphatic heterocycles. The summed E-state index contributed by atoms with van der Waals surface area (Å²) in [5.74, 6) is -0.234. The van der Waals surface area contributed by atoms with Crippen molar-refractivity contribution in [2.75, 3.05) is 11.9 Å². The number of aromatic nitrogens is 2. The number of nitrogens with zero attached hydrogens (tertiary/aromatic N) is 2. The maximum atomic E-state index is 13.4. The number of alkyl halides is 3. The minimum atomic E-state index is -4.63. The molecule has 2 heterocycles. The number of rotatable bonds is 5. The van der Waals surface area contributed by atoms with E-state index >= 15 is 0 Å². The third-order valence-corrected chi connectivity index (χ3v) is 6.62. The highest BCUT2D eigenvalue weighted by Crippen LogP contribution is 2.40. The van der Waals surface area contributed by atoms with Crippen molar-refractivity contribution < 1.29 is 18.0 Å². The van der Waals surface area contributed by atoms with Gasteiger partial charge in [0.15, 0.2) is 5.69 Å². The first-order valence-electron chi connectivity index (χ1n) is 10.7. The first-order valence-corrected chi connectivity index (χ1v) is 11.5. The number of halogens is 5. The van der Waals surface area contributed by atoms with Crippen LogP contribution in [0.3, 0.4) is 0 Å². The van der Waals surface area contributed by atoms with E-state index in [1.807, 2.05) is 0 Å². The SMILES string of the molecule is CC1=C(C(=O)NCCC2=CCCCC2)C(c2ccc(Cl)c(Cl)c2)n2nc(C(F)(F)F)cc2N1. The average Bonchev–Trinajstić information content (AvgIpc) is 3.19. The third-order valence-electron chi connectivity index (χ3n) is 5.88. The number of amides is 1. The van der Waals surface area contributed by atoms with Crippen molar-refractivity contribution in [2.24, 2.45) is 0 Å². The van der Waals surface area contributed by atoms with Gasteiger partial charge in [-0.2, -0.15) is 18.3 Å². The van der Waals surface area contributed by atoms with Gasteiger partial charge in [0, 0.05) is 18.3 Å². The monoisotopic (exact) mass is 498 g/mol. The Morgan fingerprint density at radius 2 is 2.03 bits per heavy atom. The first-order chi connectivity index (χ1) is 15.6. The molecular weight excluding hydrogens is 476 g/mol. The first kappa shape index (κ1) is 23.7. The Kier molecular flexibility index (Phi) is 6.77. The fourth-order valence-corrected chi connectivity index (χ4v) is 4.56. The molecular formula is C23H23Cl2F3N4O. The van der Waals surface area contributed by atoms with Gasteiger partial charge in [-0.1, -0.05) is 40.9 Å². The minimum absolute atomic E-state index is 0.139. The molecule has 2 aliphatic rings. The van der Waals surface area contributed by atoms with E-state index in [0.29, 0.717) is 22.8 Å². The number of carbonyl (C=O) groups excluding carboxylic acids is 1. The molecule has 0 spiro atoms. The van der Waals surface area contributed by atoms with Gasteiger partial charge in [-0.15, -0.1) is 0 Å². The van der Waals surface area contributed by atoms with Gasteiger partial charge in [0.25, 0.3) is 5.91 Å². The molecule has 1 aromatic heterocycles. The summed E-state index contributed by atoms with van der Waals surface area (Å²) in [7, 11) is 0. The minimum Gasteiger partial charge on any atom is -0.352 e. The number of allylic oxidation sites excluding steroid dienone is 2. The van der Waals surface area contributed by atoms with Crippen LogP contribution in [0.5, 0.6) is 0 Å². The Morgan fingerprint density at radius 3 is 2.70 bits per heavy atom. The van der Waals surface area contributed by atoms with E-state index in [0.717, 1.165) is 31.7 Å². The van der Waals surface area contributed by atoms with Gasteiger partial charge < -0.3 is 10.6 Å². The lowest BCUT2D eigenvalue weighted by Crippen LogP contribution is -2.35. The van der Waals surface area contributed by atoms with Crippen LogP contribution in [0.1, 0.15) is 56.3 Å². The van der Waals surface area contributed by atoms with Crippen LogP contribution in [0.25, 0.3) is 0 Å². The van der Waals surface area contributed by atoms with Crippen LogP contribution in [0, 0.1) is 0 Å². The van der Waals surface area contributed by atoms with E-state index in [2.05, 4.69) is 21.8 Å². The Balaban J connectivity index is 1.67. The predicted molar refractivity (Wildman–Crippen MR) is 122 cm³/mol. The van der Waals surface area contributed by atoms with Crippen molar-refractivity contribution in [2.45, 2.75) is 51.2 Å². The Labute approximate surface area is 199 Å². The summed E-state index contributed by atoms with van der Waals surface area (Å²) in [5.41, 5.74) is 1.49. The molecule has 1 aromatic carbocycles.